The highest BCUT2D eigenvalue weighted by atomic mass is 32.2. The molecule has 0 aromatic rings. The van der Waals surface area contributed by atoms with Crippen LogP contribution in [-0.4, -0.2) is 38.7 Å². The Labute approximate surface area is 136 Å². The standard InChI is InChI=1S/C16H30N2O3S/c1-10-6-11-7-12(9-16(4,20)8-11)13(10)17-14(19)15(2,3)18-22(5)21/h10-13,18,20H,6-9H2,1-5H3,(H,17,19). The van der Waals surface area contributed by atoms with Gasteiger partial charge in [0, 0.05) is 12.3 Å². The second-order valence-corrected chi connectivity index (χ2v) is 9.27. The van der Waals surface area contributed by atoms with E-state index in [0.29, 0.717) is 17.8 Å². The van der Waals surface area contributed by atoms with Gasteiger partial charge in [0.25, 0.3) is 0 Å². The Balaban J connectivity index is 2.07. The van der Waals surface area contributed by atoms with Crippen molar-refractivity contribution in [3.05, 3.63) is 0 Å². The summed E-state index contributed by atoms with van der Waals surface area (Å²) in [6, 6.07) is 0.0851. The van der Waals surface area contributed by atoms with Gasteiger partial charge >= 0.3 is 0 Å². The predicted molar refractivity (Wildman–Crippen MR) is 88.4 cm³/mol. The molecule has 2 rings (SSSR count). The first-order chi connectivity index (χ1) is 10.00. The van der Waals surface area contributed by atoms with Crippen molar-refractivity contribution in [2.45, 2.75) is 70.6 Å². The number of aliphatic hydroxyl groups is 1. The molecule has 2 saturated carbocycles. The summed E-state index contributed by atoms with van der Waals surface area (Å²) < 4.78 is 14.2. The van der Waals surface area contributed by atoms with E-state index in [1.165, 1.54) is 6.26 Å². The molecule has 2 aliphatic rings. The molecule has 0 saturated heterocycles. The molecule has 1 amide bonds. The van der Waals surface area contributed by atoms with Crippen molar-refractivity contribution in [1.29, 1.82) is 0 Å². The molecule has 3 N–H and O–H groups in total. The van der Waals surface area contributed by atoms with E-state index in [0.717, 1.165) is 25.7 Å². The van der Waals surface area contributed by atoms with Crippen LogP contribution in [0.25, 0.3) is 0 Å². The quantitative estimate of drug-likeness (QED) is 0.728. The third kappa shape index (κ3) is 4.09. The first kappa shape index (κ1) is 17.9. The summed E-state index contributed by atoms with van der Waals surface area (Å²) >= 11 is 0. The Kier molecular flexibility index (Phi) is 5.05. The van der Waals surface area contributed by atoms with Gasteiger partial charge in [0.15, 0.2) is 0 Å². The maximum atomic E-state index is 12.6. The van der Waals surface area contributed by atoms with E-state index in [1.807, 2.05) is 6.92 Å². The average molecular weight is 330 g/mol. The molecule has 2 bridgehead atoms. The first-order valence-corrected chi connectivity index (χ1v) is 9.70. The van der Waals surface area contributed by atoms with Crippen LogP contribution < -0.4 is 10.0 Å². The maximum absolute atomic E-state index is 12.6. The molecule has 0 spiro atoms. The molecule has 0 aromatic carbocycles. The molecule has 2 aliphatic carbocycles. The number of hydrogen-bond donors (Lipinski definition) is 3. The second-order valence-electron chi connectivity index (χ2n) is 8.16. The van der Waals surface area contributed by atoms with Gasteiger partial charge in [-0.1, -0.05) is 6.92 Å². The van der Waals surface area contributed by atoms with E-state index < -0.39 is 22.1 Å². The molecule has 0 aromatic heterocycles. The summed E-state index contributed by atoms with van der Waals surface area (Å²) in [4.78, 5) is 12.6. The highest BCUT2D eigenvalue weighted by molar-refractivity contribution is 7.82. The lowest BCUT2D eigenvalue weighted by molar-refractivity contribution is -0.129. The van der Waals surface area contributed by atoms with Crippen molar-refractivity contribution in [3.63, 3.8) is 0 Å². The summed E-state index contributed by atoms with van der Waals surface area (Å²) in [5, 5.41) is 13.6. The van der Waals surface area contributed by atoms with Crippen molar-refractivity contribution in [2.75, 3.05) is 6.26 Å². The third-order valence-corrected chi connectivity index (χ3v) is 5.95. The lowest BCUT2D eigenvalue weighted by Gasteiger charge is -2.49. The molecule has 0 radical (unpaired) electrons. The van der Waals surface area contributed by atoms with Gasteiger partial charge in [0.2, 0.25) is 5.91 Å². The number of carbonyl (C=O) groups excluding carboxylic acids is 1. The first-order valence-electron chi connectivity index (χ1n) is 8.15. The van der Waals surface area contributed by atoms with Crippen LogP contribution in [0.4, 0.5) is 0 Å². The lowest BCUT2D eigenvalue weighted by atomic mass is 9.61. The normalized spacial score (nSPS) is 40.1. The summed E-state index contributed by atoms with van der Waals surface area (Å²) in [6.45, 7) is 7.59. The van der Waals surface area contributed by atoms with Gasteiger partial charge in [-0.2, -0.15) is 0 Å². The summed E-state index contributed by atoms with van der Waals surface area (Å²) in [5.74, 6) is 1.17. The van der Waals surface area contributed by atoms with Crippen LogP contribution in [0, 0.1) is 17.8 Å². The number of hydrogen-bond acceptors (Lipinski definition) is 3. The molecule has 0 aliphatic heterocycles. The van der Waals surface area contributed by atoms with E-state index in [2.05, 4.69) is 17.0 Å². The zero-order valence-corrected chi connectivity index (χ0v) is 15.1. The van der Waals surface area contributed by atoms with E-state index in [4.69, 9.17) is 0 Å². The molecule has 5 nitrogen and oxygen atoms in total. The van der Waals surface area contributed by atoms with Crippen LogP contribution in [0.3, 0.4) is 0 Å². The zero-order valence-electron chi connectivity index (χ0n) is 14.3. The van der Waals surface area contributed by atoms with Crippen LogP contribution >= 0.6 is 0 Å². The number of nitrogens with one attached hydrogen (secondary N) is 2. The van der Waals surface area contributed by atoms with Gasteiger partial charge in [-0.15, -0.1) is 0 Å². The van der Waals surface area contributed by atoms with Gasteiger partial charge in [0.1, 0.15) is 5.54 Å². The van der Waals surface area contributed by atoms with Gasteiger partial charge < -0.3 is 10.4 Å². The lowest BCUT2D eigenvalue weighted by Crippen LogP contribution is -2.60. The van der Waals surface area contributed by atoms with Crippen molar-refractivity contribution in [1.82, 2.24) is 10.0 Å². The summed E-state index contributed by atoms with van der Waals surface area (Å²) in [6.07, 6.45) is 5.27. The average Bonchev–Trinajstić information content (AvgIpc) is 2.30. The Morgan fingerprint density at radius 3 is 2.55 bits per heavy atom. The van der Waals surface area contributed by atoms with Crippen molar-refractivity contribution in [3.8, 4) is 0 Å². The Morgan fingerprint density at radius 2 is 1.95 bits per heavy atom. The molecule has 0 heterocycles. The fourth-order valence-corrected chi connectivity index (χ4v) is 5.26. The highest BCUT2D eigenvalue weighted by Crippen LogP contribution is 2.46. The largest absolute Gasteiger partial charge is 0.390 e. The number of fused-ring (bicyclic) bond motifs is 2. The zero-order chi connectivity index (χ0) is 16.7. The minimum Gasteiger partial charge on any atom is -0.390 e. The third-order valence-electron chi connectivity index (χ3n) is 5.16. The van der Waals surface area contributed by atoms with Crippen LogP contribution in [0.5, 0.6) is 0 Å². The molecule has 6 heteroatoms. The molecule has 6 atom stereocenters. The summed E-state index contributed by atoms with van der Waals surface area (Å²) in [7, 11) is -1.24. The number of carbonyl (C=O) groups is 1. The smallest absolute Gasteiger partial charge is 0.240 e. The SMILES string of the molecule is CC1CC2CC(CC(C)(O)C2)C1NC(=O)C(C)(C)NS(C)=O. The van der Waals surface area contributed by atoms with Gasteiger partial charge in [-0.05, 0) is 64.2 Å². The summed E-state index contributed by atoms with van der Waals surface area (Å²) in [5.41, 5.74) is -1.48. The molecule has 6 unspecified atom stereocenters. The number of rotatable bonds is 4. The molecule has 128 valence electrons. The monoisotopic (exact) mass is 330 g/mol. The second kappa shape index (κ2) is 6.21. The van der Waals surface area contributed by atoms with E-state index in [1.54, 1.807) is 13.8 Å². The predicted octanol–water partition coefficient (Wildman–Crippen LogP) is 1.34. The minimum absolute atomic E-state index is 0.0851. The van der Waals surface area contributed by atoms with Gasteiger partial charge in [0.05, 0.1) is 16.6 Å². The van der Waals surface area contributed by atoms with Crippen LogP contribution in [-0.2, 0) is 15.8 Å². The van der Waals surface area contributed by atoms with Gasteiger partial charge in [-0.3, -0.25) is 4.79 Å². The molecular formula is C16H30N2O3S. The molecule has 2 fully saturated rings. The molecular weight excluding hydrogens is 300 g/mol. The van der Waals surface area contributed by atoms with Crippen LogP contribution in [0.15, 0.2) is 0 Å². The van der Waals surface area contributed by atoms with E-state index >= 15 is 0 Å². The Bertz CT molecular complexity index is 462. The van der Waals surface area contributed by atoms with Gasteiger partial charge in [-0.25, -0.2) is 8.93 Å². The maximum Gasteiger partial charge on any atom is 0.240 e. The van der Waals surface area contributed by atoms with Crippen LogP contribution in [0.1, 0.15) is 53.4 Å². The van der Waals surface area contributed by atoms with E-state index in [9.17, 15) is 14.1 Å². The number of amides is 1. The fourth-order valence-electron chi connectivity index (χ4n) is 4.45. The molecule has 22 heavy (non-hydrogen) atoms. The van der Waals surface area contributed by atoms with Crippen LogP contribution in [0.2, 0.25) is 0 Å². The van der Waals surface area contributed by atoms with E-state index in [-0.39, 0.29) is 11.9 Å². The van der Waals surface area contributed by atoms with Crippen molar-refractivity contribution >= 4 is 16.9 Å². The van der Waals surface area contributed by atoms with Crippen molar-refractivity contribution < 1.29 is 14.1 Å². The minimum atomic E-state index is -1.24. The van der Waals surface area contributed by atoms with Crippen molar-refractivity contribution in [2.24, 2.45) is 17.8 Å². The fraction of sp³-hybridized carbons (Fsp3) is 0.938. The highest BCUT2D eigenvalue weighted by Gasteiger charge is 2.46. The Hall–Kier alpha value is -0.460. The Morgan fingerprint density at radius 1 is 1.32 bits per heavy atom. The topological polar surface area (TPSA) is 78.4 Å².